The zero-order chi connectivity index (χ0) is 7.56. The Labute approximate surface area is 65.7 Å². The van der Waals surface area contributed by atoms with E-state index in [9.17, 15) is 0 Å². The number of halogens is 1. The van der Waals surface area contributed by atoms with Gasteiger partial charge in [0, 0.05) is 7.05 Å². The van der Waals surface area contributed by atoms with Gasteiger partial charge in [-0.25, -0.2) is 0 Å². The summed E-state index contributed by atoms with van der Waals surface area (Å²) in [5.74, 6) is 0. The highest BCUT2D eigenvalue weighted by Crippen LogP contribution is 2.19. The molecule has 0 saturated carbocycles. The Kier molecular flexibility index (Phi) is 2.18. The first-order chi connectivity index (χ1) is 4.74. The molecule has 0 heterocycles. The Morgan fingerprint density at radius 2 is 2.40 bits per heavy atom. The first-order valence-electron chi connectivity index (χ1n) is 3.19. The van der Waals surface area contributed by atoms with Crippen molar-refractivity contribution in [3.63, 3.8) is 0 Å². The molecule has 54 valence electrons. The molecule has 0 aliphatic heterocycles. The fourth-order valence-electron chi connectivity index (χ4n) is 0.998. The predicted molar refractivity (Wildman–Crippen MR) is 40.6 cm³/mol. The van der Waals surface area contributed by atoms with Crippen LogP contribution < -0.4 is 0 Å². The second-order valence-corrected chi connectivity index (χ2v) is 2.98. The van der Waals surface area contributed by atoms with Crippen LogP contribution in [0.2, 0.25) is 0 Å². The van der Waals surface area contributed by atoms with Crippen molar-refractivity contribution in [3.8, 4) is 6.19 Å². The van der Waals surface area contributed by atoms with Crippen LogP contribution in [0.25, 0.3) is 0 Å². The van der Waals surface area contributed by atoms with Gasteiger partial charge in [-0.2, -0.15) is 5.26 Å². The molecule has 0 spiro atoms. The number of likely N-dealkylation sites (N-methyl/N-ethyl adjacent to an activating group) is 1. The van der Waals surface area contributed by atoms with Crippen LogP contribution in [-0.4, -0.2) is 23.4 Å². The summed E-state index contributed by atoms with van der Waals surface area (Å²) in [6.45, 7) is 0. The number of hydrogen-bond acceptors (Lipinski definition) is 2. The number of nitriles is 1. The molecule has 1 aliphatic rings. The minimum Gasteiger partial charge on any atom is -0.307 e. The third kappa shape index (κ3) is 1.43. The molecule has 0 saturated heterocycles. The highest BCUT2D eigenvalue weighted by molar-refractivity contribution is 6.22. The van der Waals surface area contributed by atoms with Crippen molar-refractivity contribution in [2.75, 3.05) is 7.05 Å². The molecule has 2 atom stereocenters. The number of allylic oxidation sites excluding steroid dienone is 1. The van der Waals surface area contributed by atoms with Crippen molar-refractivity contribution < 1.29 is 0 Å². The molecule has 0 aromatic heterocycles. The van der Waals surface area contributed by atoms with E-state index in [2.05, 4.69) is 6.19 Å². The maximum atomic E-state index is 8.48. The zero-order valence-electron chi connectivity index (χ0n) is 5.79. The summed E-state index contributed by atoms with van der Waals surface area (Å²) in [6, 6.07) is 0.215. The smallest absolute Gasteiger partial charge is 0.179 e. The van der Waals surface area contributed by atoms with E-state index in [1.807, 2.05) is 12.2 Å². The molecule has 0 radical (unpaired) electrons. The molecule has 1 aliphatic carbocycles. The first kappa shape index (κ1) is 7.43. The van der Waals surface area contributed by atoms with Crippen molar-refractivity contribution in [2.24, 2.45) is 0 Å². The Hall–Kier alpha value is -0.680. The van der Waals surface area contributed by atoms with Gasteiger partial charge in [0.1, 0.15) is 0 Å². The third-order valence-corrected chi connectivity index (χ3v) is 1.99. The molecule has 10 heavy (non-hydrogen) atoms. The Balaban J connectivity index is 2.48. The van der Waals surface area contributed by atoms with E-state index in [0.717, 1.165) is 6.42 Å². The van der Waals surface area contributed by atoms with Crippen LogP contribution >= 0.6 is 11.6 Å². The van der Waals surface area contributed by atoms with Crippen LogP contribution in [0.5, 0.6) is 0 Å². The minimum atomic E-state index is 0.112. The number of nitrogens with zero attached hydrogens (tertiary/aromatic N) is 2. The van der Waals surface area contributed by atoms with Gasteiger partial charge < -0.3 is 4.90 Å². The molecular weight excluding hydrogens is 148 g/mol. The van der Waals surface area contributed by atoms with Gasteiger partial charge in [0.2, 0.25) is 0 Å². The van der Waals surface area contributed by atoms with Crippen LogP contribution in [0.1, 0.15) is 6.42 Å². The van der Waals surface area contributed by atoms with Crippen LogP contribution in [0.15, 0.2) is 12.2 Å². The SMILES string of the molecule is CN(C#N)[C@@H]1C=C[C@H](Cl)C1. The van der Waals surface area contributed by atoms with Crippen molar-refractivity contribution in [2.45, 2.75) is 17.8 Å². The maximum absolute atomic E-state index is 8.48. The largest absolute Gasteiger partial charge is 0.307 e. The van der Waals surface area contributed by atoms with Gasteiger partial charge in [-0.05, 0) is 6.42 Å². The van der Waals surface area contributed by atoms with Gasteiger partial charge >= 0.3 is 0 Å². The highest BCUT2D eigenvalue weighted by atomic mass is 35.5. The summed E-state index contributed by atoms with van der Waals surface area (Å²) < 4.78 is 0. The van der Waals surface area contributed by atoms with Crippen LogP contribution in [0.3, 0.4) is 0 Å². The number of alkyl halides is 1. The molecule has 2 nitrogen and oxygen atoms in total. The number of rotatable bonds is 1. The van der Waals surface area contributed by atoms with Crippen molar-refractivity contribution in [1.29, 1.82) is 5.26 Å². The molecule has 0 aromatic carbocycles. The van der Waals surface area contributed by atoms with Gasteiger partial charge in [-0.3, -0.25) is 0 Å². The fraction of sp³-hybridized carbons (Fsp3) is 0.571. The first-order valence-corrected chi connectivity index (χ1v) is 3.62. The van der Waals surface area contributed by atoms with E-state index in [1.165, 1.54) is 0 Å². The molecule has 0 unspecified atom stereocenters. The van der Waals surface area contributed by atoms with Crippen molar-refractivity contribution in [1.82, 2.24) is 4.90 Å². The van der Waals surface area contributed by atoms with Gasteiger partial charge in [-0.15, -0.1) is 11.6 Å². The van der Waals surface area contributed by atoms with Gasteiger partial charge in [0.15, 0.2) is 6.19 Å². The van der Waals surface area contributed by atoms with Gasteiger partial charge in [-0.1, -0.05) is 12.2 Å². The van der Waals surface area contributed by atoms with Gasteiger partial charge in [0.25, 0.3) is 0 Å². The third-order valence-electron chi connectivity index (χ3n) is 1.66. The average molecular weight is 157 g/mol. The van der Waals surface area contributed by atoms with E-state index in [0.29, 0.717) is 0 Å². The van der Waals surface area contributed by atoms with E-state index >= 15 is 0 Å². The molecule has 0 aromatic rings. The van der Waals surface area contributed by atoms with E-state index in [4.69, 9.17) is 16.9 Å². The number of hydrogen-bond donors (Lipinski definition) is 0. The lowest BCUT2D eigenvalue weighted by atomic mass is 10.2. The molecular formula is C7H9ClN2. The summed E-state index contributed by atoms with van der Waals surface area (Å²) in [5, 5.41) is 8.59. The topological polar surface area (TPSA) is 27.0 Å². The van der Waals surface area contributed by atoms with Crippen molar-refractivity contribution in [3.05, 3.63) is 12.2 Å². The lowest BCUT2D eigenvalue weighted by Crippen LogP contribution is -2.24. The highest BCUT2D eigenvalue weighted by Gasteiger charge is 2.19. The second kappa shape index (κ2) is 2.94. The normalized spacial score (nSPS) is 30.1. The standard InChI is InChI=1S/C7H9ClN2/c1-10(5-9)7-3-2-6(8)4-7/h2-3,6-7H,4H2,1H3/t6-,7+/m0/s1. The minimum absolute atomic E-state index is 0.112. The molecule has 3 heteroatoms. The van der Waals surface area contributed by atoms with E-state index in [1.54, 1.807) is 11.9 Å². The van der Waals surface area contributed by atoms with Crippen LogP contribution in [0, 0.1) is 11.5 Å². The van der Waals surface area contributed by atoms with E-state index < -0.39 is 0 Å². The molecule has 0 amide bonds. The summed E-state index contributed by atoms with van der Waals surface area (Å²) in [4.78, 5) is 1.61. The Morgan fingerprint density at radius 1 is 1.70 bits per heavy atom. The second-order valence-electron chi connectivity index (χ2n) is 2.41. The van der Waals surface area contributed by atoms with E-state index in [-0.39, 0.29) is 11.4 Å². The lowest BCUT2D eigenvalue weighted by Gasteiger charge is -2.15. The van der Waals surface area contributed by atoms with Crippen LogP contribution in [-0.2, 0) is 0 Å². The fourth-order valence-corrected chi connectivity index (χ4v) is 1.26. The molecule has 0 bridgehead atoms. The Morgan fingerprint density at radius 3 is 2.80 bits per heavy atom. The summed E-state index contributed by atoms with van der Waals surface area (Å²) in [5.41, 5.74) is 0. The quantitative estimate of drug-likeness (QED) is 0.248. The zero-order valence-corrected chi connectivity index (χ0v) is 6.54. The monoisotopic (exact) mass is 156 g/mol. The summed E-state index contributed by atoms with van der Waals surface area (Å²) in [7, 11) is 1.77. The maximum Gasteiger partial charge on any atom is 0.179 e. The van der Waals surface area contributed by atoms with Gasteiger partial charge in [0.05, 0.1) is 11.4 Å². The predicted octanol–water partition coefficient (Wildman–Crippen LogP) is 1.34. The molecule has 1 rings (SSSR count). The molecule has 0 fully saturated rings. The molecule has 0 N–H and O–H groups in total. The summed E-state index contributed by atoms with van der Waals surface area (Å²) in [6.07, 6.45) is 6.81. The Bertz CT molecular complexity index is 183. The average Bonchev–Trinajstić information content (AvgIpc) is 2.34. The summed E-state index contributed by atoms with van der Waals surface area (Å²) >= 11 is 5.79. The lowest BCUT2D eigenvalue weighted by molar-refractivity contribution is 0.396. The van der Waals surface area contributed by atoms with Crippen LogP contribution in [0.4, 0.5) is 0 Å². The van der Waals surface area contributed by atoms with Crippen molar-refractivity contribution >= 4 is 11.6 Å².